The normalized spacial score (nSPS) is 12.7. The molecule has 9 aromatic rings. The molecular formula is C64H94N10O4S2. The molecule has 8 aromatic heterocycles. The summed E-state index contributed by atoms with van der Waals surface area (Å²) >= 11 is 3.58. The van der Waals surface area contributed by atoms with Crippen LogP contribution in [0.25, 0.3) is 31.4 Å². The second-order valence-corrected chi connectivity index (χ2v) is 24.3. The lowest BCUT2D eigenvalue weighted by molar-refractivity contribution is 0.450. The Morgan fingerprint density at radius 2 is 1.06 bits per heavy atom. The second kappa shape index (κ2) is 31.1. The van der Waals surface area contributed by atoms with Crippen LogP contribution in [0.3, 0.4) is 0 Å². The fourth-order valence-corrected chi connectivity index (χ4v) is 9.95. The minimum Gasteiger partial charge on any atom is -0.459 e. The Labute approximate surface area is 486 Å². The predicted octanol–water partition coefficient (Wildman–Crippen LogP) is 20.2. The van der Waals surface area contributed by atoms with Crippen molar-refractivity contribution in [2.45, 2.75) is 222 Å². The number of rotatable bonds is 7. The van der Waals surface area contributed by atoms with Crippen LogP contribution in [-0.2, 0) is 0 Å². The number of aryl methyl sites for hydroxylation is 10. The average molecular weight is 1130 g/mol. The van der Waals surface area contributed by atoms with Gasteiger partial charge < -0.3 is 17.7 Å². The lowest BCUT2D eigenvalue weighted by atomic mass is 10.1. The van der Waals surface area contributed by atoms with Gasteiger partial charge in [-0.05, 0) is 98.6 Å². The maximum Gasteiger partial charge on any atom is 0.197 e. The largest absolute Gasteiger partial charge is 0.459 e. The average Bonchev–Trinajstić information content (AvgIpc) is 4.24. The molecule has 9 heterocycles. The molecule has 1 aliphatic heterocycles. The van der Waals surface area contributed by atoms with E-state index in [4.69, 9.17) is 17.7 Å². The van der Waals surface area contributed by atoms with Crippen LogP contribution in [0.4, 0.5) is 0 Å². The Balaban J connectivity index is 0.000000246. The molecule has 0 N–H and O–H groups in total. The molecule has 0 amide bonds. The van der Waals surface area contributed by atoms with Crippen molar-refractivity contribution in [3.63, 3.8) is 0 Å². The van der Waals surface area contributed by atoms with E-state index in [0.717, 1.165) is 103 Å². The Bertz CT molecular complexity index is 3200. The number of pyridine rings is 2. The number of hydrogen-bond donors (Lipinski definition) is 0. The van der Waals surface area contributed by atoms with Gasteiger partial charge in [-0.3, -0.25) is 9.97 Å². The maximum atomic E-state index is 5.75. The van der Waals surface area contributed by atoms with Gasteiger partial charge in [0.2, 0.25) is 0 Å². The Kier molecular flexibility index (Phi) is 26.4. The first-order valence-electron chi connectivity index (χ1n) is 27.7. The third-order valence-electron chi connectivity index (χ3n) is 12.0. The molecule has 1 aromatic carbocycles. The molecule has 0 saturated heterocycles. The van der Waals surface area contributed by atoms with Crippen LogP contribution in [-0.4, -0.2) is 46.9 Å². The molecule has 16 heteroatoms. The number of para-hydroxylation sites is 1. The van der Waals surface area contributed by atoms with Crippen molar-refractivity contribution in [1.82, 2.24) is 34.9 Å². The van der Waals surface area contributed by atoms with Crippen molar-refractivity contribution in [2.24, 2.45) is 21.1 Å². The van der Waals surface area contributed by atoms with Crippen molar-refractivity contribution >= 4 is 59.9 Å². The molecule has 0 spiro atoms. The summed E-state index contributed by atoms with van der Waals surface area (Å²) in [5.74, 6) is 10.4. The van der Waals surface area contributed by atoms with Gasteiger partial charge in [-0.2, -0.15) is 5.11 Å². The number of azo groups is 1. The molecule has 0 fully saturated rings. The Hall–Kier alpha value is -6.26. The third kappa shape index (κ3) is 20.1. The number of oxazole rings is 3. The number of benzene rings is 1. The summed E-state index contributed by atoms with van der Waals surface area (Å²) in [6.45, 7) is 51.3. The van der Waals surface area contributed by atoms with Crippen LogP contribution in [0.2, 0.25) is 0 Å². The van der Waals surface area contributed by atoms with Crippen LogP contribution in [0.15, 0.2) is 75.4 Å². The van der Waals surface area contributed by atoms with Crippen LogP contribution in [0.5, 0.6) is 0 Å². The first-order valence-corrected chi connectivity index (χ1v) is 29.4. The third-order valence-corrected chi connectivity index (χ3v) is 14.7. The summed E-state index contributed by atoms with van der Waals surface area (Å²) in [5.41, 5.74) is 10.4. The number of amidine groups is 1. The van der Waals surface area contributed by atoms with Gasteiger partial charge in [0.05, 0.1) is 53.4 Å². The minimum atomic E-state index is 0. The molecule has 1 atom stereocenters. The number of furan rings is 1. The van der Waals surface area contributed by atoms with Crippen molar-refractivity contribution in [3.05, 3.63) is 133 Å². The fraction of sp³-hybridized carbons (Fsp3) is 0.531. The van der Waals surface area contributed by atoms with Crippen LogP contribution < -0.4 is 0 Å². The number of fused-ring (bicyclic) bond motifs is 3. The van der Waals surface area contributed by atoms with Gasteiger partial charge in [0.25, 0.3) is 0 Å². The van der Waals surface area contributed by atoms with Gasteiger partial charge in [0.15, 0.2) is 35.3 Å². The van der Waals surface area contributed by atoms with E-state index in [1.54, 1.807) is 22.7 Å². The van der Waals surface area contributed by atoms with E-state index in [2.05, 4.69) is 183 Å². The lowest BCUT2D eigenvalue weighted by Crippen LogP contribution is -2.01. The van der Waals surface area contributed by atoms with Gasteiger partial charge in [-0.25, -0.2) is 29.9 Å². The van der Waals surface area contributed by atoms with Gasteiger partial charge in [0, 0.05) is 66.1 Å². The number of aromatic nitrogens is 7. The van der Waals surface area contributed by atoms with E-state index in [0.29, 0.717) is 41.4 Å². The number of thiazole rings is 2. The van der Waals surface area contributed by atoms with E-state index < -0.39 is 0 Å². The van der Waals surface area contributed by atoms with E-state index in [9.17, 15) is 0 Å². The number of aliphatic imine (C=N–C) groups is 1. The van der Waals surface area contributed by atoms with E-state index >= 15 is 0 Å². The molecular weight excluding hydrogens is 1040 g/mol. The van der Waals surface area contributed by atoms with Crippen molar-refractivity contribution in [2.75, 3.05) is 0 Å². The highest BCUT2D eigenvalue weighted by Crippen LogP contribution is 2.30. The molecule has 0 saturated carbocycles. The smallest absolute Gasteiger partial charge is 0.197 e. The summed E-state index contributed by atoms with van der Waals surface area (Å²) < 4.78 is 24.3. The molecule has 0 radical (unpaired) electrons. The zero-order valence-electron chi connectivity index (χ0n) is 52.1. The highest BCUT2D eigenvalue weighted by Gasteiger charge is 2.15. The summed E-state index contributed by atoms with van der Waals surface area (Å²) in [6.07, 6.45) is 0.0578. The topological polar surface area (TPSA) is 180 Å². The first kappa shape index (κ1) is 68.0. The van der Waals surface area contributed by atoms with E-state index in [1.807, 2.05) is 82.2 Å². The number of nitrogens with zero attached hydrogens (tertiary/aromatic N) is 10. The Morgan fingerprint density at radius 3 is 1.49 bits per heavy atom. The zero-order valence-corrected chi connectivity index (χ0v) is 53.7. The van der Waals surface area contributed by atoms with Crippen molar-refractivity contribution < 1.29 is 17.7 Å². The van der Waals surface area contributed by atoms with E-state index in [1.165, 1.54) is 24.8 Å². The maximum absolute atomic E-state index is 5.75. The highest BCUT2D eigenvalue weighted by atomic mass is 32.1. The minimum absolute atomic E-state index is 0. The molecule has 1 aliphatic rings. The summed E-state index contributed by atoms with van der Waals surface area (Å²) in [5, 5.41) is 11.4. The second-order valence-electron chi connectivity index (χ2n) is 22.2. The first-order chi connectivity index (χ1) is 36.9. The van der Waals surface area contributed by atoms with E-state index in [-0.39, 0.29) is 13.6 Å². The molecule has 1 unspecified atom stereocenters. The quantitative estimate of drug-likeness (QED) is 0.148. The molecule has 14 nitrogen and oxygen atoms in total. The monoisotopic (exact) mass is 1130 g/mol. The highest BCUT2D eigenvalue weighted by molar-refractivity contribution is 7.19. The van der Waals surface area contributed by atoms with Gasteiger partial charge in [0.1, 0.15) is 28.6 Å². The summed E-state index contributed by atoms with van der Waals surface area (Å²) in [7, 11) is 0. The summed E-state index contributed by atoms with van der Waals surface area (Å²) in [4.78, 5) is 34.8. The van der Waals surface area contributed by atoms with Crippen molar-refractivity contribution in [1.29, 1.82) is 0 Å². The standard InChI is InChI=1S/C12H15NO.C11H14N2S.C10H11NS.3C8H13NO.C6H11N3.CH4/c1-7(2)11-6-10-5-8(3)13-9(4)12(10)14-11;1-6(2)11-13-10-8(4)12-7(3)5-9(10)14-11;1-7(2)10-11-8-5-3-4-6-9(8)12-10;1-5(2)8-6(3)10-7(4)9-8;1-5(2)8-6(3)9-7(4)10-8;1-5(2)8-9-6(3)7(4)10-8;1-4(2)6-7-5(3)8-9-6;/h5-7H,1-4H3;5-6H,1-4H3;3-7H,1-2H3;3*5H,1-4H3;4-5H,1-3H3;1H4. The molecule has 80 heavy (non-hydrogen) atoms. The Morgan fingerprint density at radius 1 is 0.475 bits per heavy atom. The number of hydrogen-bond acceptors (Lipinski definition) is 16. The molecule has 0 bridgehead atoms. The molecule has 10 rings (SSSR count). The van der Waals surface area contributed by atoms with Crippen molar-refractivity contribution in [3.8, 4) is 0 Å². The lowest BCUT2D eigenvalue weighted by Gasteiger charge is -1.97. The van der Waals surface area contributed by atoms with Crippen LogP contribution >= 0.6 is 22.7 Å². The van der Waals surface area contributed by atoms with Gasteiger partial charge in [-0.15, -0.1) is 27.8 Å². The van der Waals surface area contributed by atoms with Crippen LogP contribution in [0.1, 0.15) is 237 Å². The van der Waals surface area contributed by atoms with Gasteiger partial charge >= 0.3 is 0 Å². The molecule has 436 valence electrons. The fourth-order valence-electron chi connectivity index (χ4n) is 7.86. The predicted molar refractivity (Wildman–Crippen MR) is 336 cm³/mol. The van der Waals surface area contributed by atoms with Crippen LogP contribution in [0, 0.1) is 75.2 Å². The summed E-state index contributed by atoms with van der Waals surface area (Å²) in [6, 6.07) is 14.6. The SMILES string of the molecule is C.CC(C)c1nc2ccccc2s1.CC1N=NC(C(C)C)=N1.Cc1cc2cc(C(C)C)oc2c(C)n1.Cc1cc2sc(C(C)C)nc2c(C)n1.Cc1nc(C(C)C)c(C)o1.Cc1nc(C(C)C)oc1C.Cc1nc(C)c(C(C)C)o1. The zero-order chi connectivity index (χ0) is 59.2. The molecule has 0 aliphatic carbocycles. The van der Waals surface area contributed by atoms with Gasteiger partial charge in [-0.1, -0.05) is 116 Å².